The maximum Gasteiger partial charge on any atom is 0.291 e. The van der Waals surface area contributed by atoms with Gasteiger partial charge in [-0.15, -0.1) is 5.10 Å². The highest BCUT2D eigenvalue weighted by Crippen LogP contribution is 2.36. The third-order valence-electron chi connectivity index (χ3n) is 5.17. The number of carbonyl (C=O) groups is 1. The summed E-state index contributed by atoms with van der Waals surface area (Å²) in [6.07, 6.45) is 3.40. The van der Waals surface area contributed by atoms with Gasteiger partial charge in [-0.05, 0) is 53.6 Å². The van der Waals surface area contributed by atoms with Crippen LogP contribution in [0.25, 0.3) is 11.4 Å². The highest BCUT2D eigenvalue weighted by atomic mass is 32.2. The van der Waals surface area contributed by atoms with Crippen LogP contribution in [0.3, 0.4) is 0 Å². The van der Waals surface area contributed by atoms with Gasteiger partial charge in [0.2, 0.25) is 0 Å². The molecule has 2 aromatic heterocycles. The molecule has 162 valence electrons. The van der Waals surface area contributed by atoms with Crippen LogP contribution in [0.5, 0.6) is 0 Å². The number of nitrogens with zero attached hydrogens (tertiary/aromatic N) is 4. The van der Waals surface area contributed by atoms with E-state index in [2.05, 4.69) is 20.8 Å². The van der Waals surface area contributed by atoms with Gasteiger partial charge in [-0.2, -0.15) is 0 Å². The molecule has 1 N–H and O–H groups in total. The van der Waals surface area contributed by atoms with Crippen LogP contribution in [0.15, 0.2) is 76.2 Å². The van der Waals surface area contributed by atoms with Crippen molar-refractivity contribution in [3.63, 3.8) is 0 Å². The summed E-state index contributed by atoms with van der Waals surface area (Å²) in [5.74, 6) is -0.284. The third-order valence-corrected chi connectivity index (χ3v) is 6.85. The maximum absolute atomic E-state index is 12.9. The number of anilines is 1. The first-order chi connectivity index (χ1) is 15.5. The number of hydrogen-bond donors (Lipinski definition) is 1. The molecule has 0 aliphatic heterocycles. The molecule has 9 nitrogen and oxygen atoms in total. The Morgan fingerprint density at radius 1 is 1.09 bits per heavy atom. The number of tetrazole rings is 1. The van der Waals surface area contributed by atoms with Crippen molar-refractivity contribution < 1.29 is 17.6 Å². The Kier molecular flexibility index (Phi) is 5.06. The SMILES string of the molecule is O=C(Nc1cccc(-c2nnnn2C2CC2)c1)c1occc1CS(=O)(=O)c1ccccc1. The molecule has 0 bridgehead atoms. The summed E-state index contributed by atoms with van der Waals surface area (Å²) < 4.78 is 32.5. The highest BCUT2D eigenvalue weighted by molar-refractivity contribution is 7.90. The minimum atomic E-state index is -3.62. The molecule has 0 radical (unpaired) electrons. The van der Waals surface area contributed by atoms with Crippen molar-refractivity contribution in [2.24, 2.45) is 0 Å². The predicted octanol–water partition coefficient (Wildman–Crippen LogP) is 3.49. The fourth-order valence-electron chi connectivity index (χ4n) is 3.44. The molecule has 5 rings (SSSR count). The summed E-state index contributed by atoms with van der Waals surface area (Å²) in [7, 11) is -3.62. The van der Waals surface area contributed by atoms with Crippen LogP contribution >= 0.6 is 0 Å². The molecule has 0 saturated heterocycles. The van der Waals surface area contributed by atoms with Gasteiger partial charge in [-0.3, -0.25) is 4.79 Å². The summed E-state index contributed by atoms with van der Waals surface area (Å²) in [5, 5.41) is 14.7. The van der Waals surface area contributed by atoms with E-state index >= 15 is 0 Å². The van der Waals surface area contributed by atoms with E-state index in [0.717, 1.165) is 18.4 Å². The Labute approximate surface area is 184 Å². The van der Waals surface area contributed by atoms with Crippen LogP contribution in [0.1, 0.15) is 35.0 Å². The van der Waals surface area contributed by atoms with Crippen molar-refractivity contribution in [1.82, 2.24) is 20.2 Å². The second-order valence-electron chi connectivity index (χ2n) is 7.56. The Hall–Kier alpha value is -3.79. The maximum atomic E-state index is 12.9. The minimum Gasteiger partial charge on any atom is -0.459 e. The van der Waals surface area contributed by atoms with E-state index < -0.39 is 15.7 Å². The zero-order valence-corrected chi connectivity index (χ0v) is 17.7. The van der Waals surface area contributed by atoms with Gasteiger partial charge in [-0.25, -0.2) is 13.1 Å². The largest absolute Gasteiger partial charge is 0.459 e. The topological polar surface area (TPSA) is 120 Å². The van der Waals surface area contributed by atoms with Crippen molar-refractivity contribution in [3.8, 4) is 11.4 Å². The summed E-state index contributed by atoms with van der Waals surface area (Å²) in [5.41, 5.74) is 1.58. The lowest BCUT2D eigenvalue weighted by molar-refractivity contribution is 0.0996. The second-order valence-corrected chi connectivity index (χ2v) is 9.55. The van der Waals surface area contributed by atoms with Gasteiger partial charge >= 0.3 is 0 Å². The van der Waals surface area contributed by atoms with E-state index in [1.165, 1.54) is 24.5 Å². The van der Waals surface area contributed by atoms with Gasteiger partial charge < -0.3 is 9.73 Å². The number of aromatic nitrogens is 4. The third kappa shape index (κ3) is 4.04. The molecular formula is C22H19N5O4S. The Bertz CT molecular complexity index is 1370. The van der Waals surface area contributed by atoms with E-state index in [9.17, 15) is 13.2 Å². The van der Waals surface area contributed by atoms with Crippen LogP contribution in [-0.4, -0.2) is 34.5 Å². The molecule has 2 heterocycles. The van der Waals surface area contributed by atoms with Gasteiger partial charge in [0.15, 0.2) is 21.4 Å². The Morgan fingerprint density at radius 2 is 1.91 bits per heavy atom. The molecule has 0 spiro atoms. The van der Waals surface area contributed by atoms with Crippen LogP contribution in [0.4, 0.5) is 5.69 Å². The van der Waals surface area contributed by atoms with Gasteiger partial charge in [0.25, 0.3) is 5.91 Å². The van der Waals surface area contributed by atoms with Crippen molar-refractivity contribution in [2.45, 2.75) is 29.5 Å². The Balaban J connectivity index is 1.36. The van der Waals surface area contributed by atoms with E-state index in [4.69, 9.17) is 4.42 Å². The van der Waals surface area contributed by atoms with Crippen LogP contribution < -0.4 is 5.32 Å². The number of rotatable bonds is 7. The fourth-order valence-corrected chi connectivity index (χ4v) is 4.81. The monoisotopic (exact) mass is 449 g/mol. The van der Waals surface area contributed by atoms with E-state index in [1.807, 2.05) is 6.07 Å². The van der Waals surface area contributed by atoms with Crippen LogP contribution in [0, 0.1) is 0 Å². The molecule has 1 aliphatic rings. The highest BCUT2D eigenvalue weighted by Gasteiger charge is 2.28. The molecular weight excluding hydrogens is 430 g/mol. The minimum absolute atomic E-state index is 0.0438. The summed E-state index contributed by atoms with van der Waals surface area (Å²) >= 11 is 0. The smallest absolute Gasteiger partial charge is 0.291 e. The summed E-state index contributed by atoms with van der Waals surface area (Å²) in [6.45, 7) is 0. The standard InChI is InChI=1S/C22H19N5O4S/c28-22(20-16(11-12-31-20)14-32(29,30)19-7-2-1-3-8-19)23-17-6-4-5-15(13-17)21-24-25-26-27(21)18-9-10-18/h1-8,11-13,18H,9-10,14H2,(H,23,28). The number of furan rings is 1. The fraction of sp³-hybridized carbons (Fsp3) is 0.182. The lowest BCUT2D eigenvalue weighted by Gasteiger charge is -2.08. The average molecular weight is 449 g/mol. The van der Waals surface area contributed by atoms with E-state index in [0.29, 0.717) is 23.1 Å². The van der Waals surface area contributed by atoms with Crippen LogP contribution in [-0.2, 0) is 15.6 Å². The molecule has 1 saturated carbocycles. The molecule has 32 heavy (non-hydrogen) atoms. The van der Waals surface area contributed by atoms with Gasteiger partial charge in [0, 0.05) is 16.8 Å². The first-order valence-corrected chi connectivity index (χ1v) is 11.7. The Morgan fingerprint density at radius 3 is 2.69 bits per heavy atom. The molecule has 2 aromatic carbocycles. The van der Waals surface area contributed by atoms with Gasteiger partial charge in [0.1, 0.15) is 0 Å². The number of nitrogens with one attached hydrogen (secondary N) is 1. The summed E-state index contributed by atoms with van der Waals surface area (Å²) in [4.78, 5) is 13.0. The first-order valence-electron chi connectivity index (χ1n) is 10.0. The van der Waals surface area contributed by atoms with E-state index in [1.54, 1.807) is 41.1 Å². The van der Waals surface area contributed by atoms with Crippen molar-refractivity contribution in [2.75, 3.05) is 5.32 Å². The van der Waals surface area contributed by atoms with E-state index in [-0.39, 0.29) is 16.4 Å². The number of sulfone groups is 1. The van der Waals surface area contributed by atoms with Crippen LogP contribution in [0.2, 0.25) is 0 Å². The lowest BCUT2D eigenvalue weighted by atomic mass is 10.2. The molecule has 1 amide bonds. The molecule has 0 atom stereocenters. The zero-order valence-electron chi connectivity index (χ0n) is 16.9. The zero-order chi connectivity index (χ0) is 22.1. The number of amides is 1. The van der Waals surface area contributed by atoms with Crippen molar-refractivity contribution in [1.29, 1.82) is 0 Å². The van der Waals surface area contributed by atoms with Crippen molar-refractivity contribution in [3.05, 3.63) is 78.3 Å². The second kappa shape index (κ2) is 8.04. The molecule has 0 unspecified atom stereocenters. The average Bonchev–Trinajstić information content (AvgIpc) is 3.33. The van der Waals surface area contributed by atoms with Crippen molar-refractivity contribution >= 4 is 21.4 Å². The molecule has 10 heteroatoms. The quantitative estimate of drug-likeness (QED) is 0.458. The normalized spacial score (nSPS) is 13.8. The van der Waals surface area contributed by atoms with Gasteiger partial charge in [0.05, 0.1) is 23.0 Å². The molecule has 4 aromatic rings. The van der Waals surface area contributed by atoms with Gasteiger partial charge in [-0.1, -0.05) is 30.3 Å². The first kappa shape index (κ1) is 20.1. The molecule has 1 aliphatic carbocycles. The summed E-state index contributed by atoms with van der Waals surface area (Å²) in [6, 6.07) is 17.1. The molecule has 1 fully saturated rings. The predicted molar refractivity (Wildman–Crippen MR) is 116 cm³/mol. The lowest BCUT2D eigenvalue weighted by Crippen LogP contribution is -2.15. The number of benzene rings is 2. The number of hydrogen-bond acceptors (Lipinski definition) is 7. The number of carbonyl (C=O) groups excluding carboxylic acids is 1.